The highest BCUT2D eigenvalue weighted by molar-refractivity contribution is 6.32. The van der Waals surface area contributed by atoms with Crippen molar-refractivity contribution in [3.63, 3.8) is 0 Å². The van der Waals surface area contributed by atoms with Gasteiger partial charge in [-0.25, -0.2) is 19.7 Å². The topological polar surface area (TPSA) is 142 Å². The molecule has 1 fully saturated rings. The summed E-state index contributed by atoms with van der Waals surface area (Å²) in [7, 11) is 0. The molecule has 3 N–H and O–H groups in total. The van der Waals surface area contributed by atoms with Crippen molar-refractivity contribution in [2.24, 2.45) is 11.3 Å². The first-order chi connectivity index (χ1) is 22.2. The molecular formula is C34H48ClN11O. The Morgan fingerprint density at radius 2 is 1.77 bits per heavy atom. The molecule has 5 rings (SSSR count). The number of aromatic amines is 1. The monoisotopic (exact) mass is 661 g/mol. The highest BCUT2D eigenvalue weighted by Gasteiger charge is 2.32. The summed E-state index contributed by atoms with van der Waals surface area (Å²) >= 11 is 6.44. The molecule has 0 unspecified atom stereocenters. The summed E-state index contributed by atoms with van der Waals surface area (Å²) in [5.41, 5.74) is 3.77. The first kappa shape index (κ1) is 34.3. The number of nitrogens with zero attached hydrogens (tertiary/aromatic N) is 8. The number of rotatable bonds is 9. The first-order valence-electron chi connectivity index (χ1n) is 16.4. The molecular weight excluding hydrogens is 614 g/mol. The van der Waals surface area contributed by atoms with Gasteiger partial charge in [0.2, 0.25) is 5.95 Å². The number of nitrogens with one attached hydrogen (secondary N) is 3. The second-order valence-electron chi connectivity index (χ2n) is 15.1. The van der Waals surface area contributed by atoms with Crippen LogP contribution in [0.25, 0.3) is 22.6 Å². The van der Waals surface area contributed by atoms with Crippen LogP contribution in [0.2, 0.25) is 5.02 Å². The molecule has 252 valence electrons. The molecule has 1 aliphatic carbocycles. The number of hydrogen-bond donors (Lipinski definition) is 3. The van der Waals surface area contributed by atoms with Crippen LogP contribution in [0.4, 0.5) is 16.6 Å². The van der Waals surface area contributed by atoms with E-state index in [1.165, 1.54) is 0 Å². The Morgan fingerprint density at radius 1 is 1.02 bits per heavy atom. The van der Waals surface area contributed by atoms with E-state index in [1.807, 2.05) is 17.1 Å². The number of amides is 2. The van der Waals surface area contributed by atoms with Gasteiger partial charge >= 0.3 is 6.03 Å². The zero-order valence-corrected chi connectivity index (χ0v) is 29.6. The van der Waals surface area contributed by atoms with E-state index in [0.29, 0.717) is 34.9 Å². The lowest BCUT2D eigenvalue weighted by Crippen LogP contribution is -2.50. The Balaban J connectivity index is 1.31. The molecule has 2 amide bonds. The van der Waals surface area contributed by atoms with Crippen molar-refractivity contribution >= 4 is 29.4 Å². The van der Waals surface area contributed by atoms with Gasteiger partial charge in [-0.1, -0.05) is 67.0 Å². The van der Waals surface area contributed by atoms with Crippen molar-refractivity contribution in [2.45, 2.75) is 105 Å². The molecule has 0 saturated heterocycles. The summed E-state index contributed by atoms with van der Waals surface area (Å²) < 4.78 is 1.92. The van der Waals surface area contributed by atoms with Crippen LogP contribution in [0.3, 0.4) is 0 Å². The summed E-state index contributed by atoms with van der Waals surface area (Å²) in [6.07, 6.45) is 13.9. The number of carbonyl (C=O) groups is 1. The molecule has 1 aliphatic rings. The van der Waals surface area contributed by atoms with Gasteiger partial charge in [0.05, 0.1) is 41.2 Å². The molecule has 12 nitrogen and oxygen atoms in total. The predicted molar refractivity (Wildman–Crippen MR) is 186 cm³/mol. The molecule has 0 aliphatic heterocycles. The second-order valence-corrected chi connectivity index (χ2v) is 15.5. The Morgan fingerprint density at radius 3 is 2.36 bits per heavy atom. The van der Waals surface area contributed by atoms with Crippen LogP contribution in [-0.2, 0) is 12.0 Å². The molecule has 13 heteroatoms. The van der Waals surface area contributed by atoms with Gasteiger partial charge in [-0.15, -0.1) is 0 Å². The van der Waals surface area contributed by atoms with Crippen LogP contribution in [-0.4, -0.2) is 64.6 Å². The third-order valence-corrected chi connectivity index (χ3v) is 8.46. The number of hydrogen-bond acceptors (Lipinski definition) is 8. The lowest BCUT2D eigenvalue weighted by atomic mass is 9.86. The zero-order valence-electron chi connectivity index (χ0n) is 28.8. The number of urea groups is 1. The van der Waals surface area contributed by atoms with Crippen LogP contribution >= 0.6 is 11.6 Å². The number of H-pyrrole nitrogens is 1. The number of aromatic nitrogens is 8. The Labute approximate surface area is 282 Å². The number of anilines is 2. The lowest BCUT2D eigenvalue weighted by molar-refractivity contribution is 0.235. The largest absolute Gasteiger partial charge is 0.351 e. The van der Waals surface area contributed by atoms with Crippen molar-refractivity contribution in [3.8, 4) is 22.6 Å². The Bertz CT molecular complexity index is 1640. The van der Waals surface area contributed by atoms with Crippen molar-refractivity contribution in [1.82, 2.24) is 45.2 Å². The van der Waals surface area contributed by atoms with E-state index in [2.05, 4.69) is 86.3 Å². The van der Waals surface area contributed by atoms with E-state index >= 15 is 0 Å². The van der Waals surface area contributed by atoms with E-state index < -0.39 is 0 Å². The fourth-order valence-corrected chi connectivity index (χ4v) is 5.92. The van der Waals surface area contributed by atoms with Crippen molar-refractivity contribution in [1.29, 1.82) is 0 Å². The maximum Gasteiger partial charge on any atom is 0.323 e. The number of carbonyl (C=O) groups excluding carboxylic acids is 1. The van der Waals surface area contributed by atoms with E-state index in [-0.39, 0.29) is 28.9 Å². The van der Waals surface area contributed by atoms with Gasteiger partial charge in [-0.05, 0) is 42.4 Å². The van der Waals surface area contributed by atoms with Gasteiger partial charge in [0.25, 0.3) is 0 Å². The van der Waals surface area contributed by atoms with Crippen LogP contribution < -0.4 is 15.5 Å². The molecule has 4 heterocycles. The highest BCUT2D eigenvalue weighted by Crippen LogP contribution is 2.35. The molecule has 47 heavy (non-hydrogen) atoms. The van der Waals surface area contributed by atoms with Gasteiger partial charge in [0.15, 0.2) is 5.82 Å². The summed E-state index contributed by atoms with van der Waals surface area (Å²) in [6.45, 7) is 18.4. The van der Waals surface area contributed by atoms with E-state index in [0.717, 1.165) is 54.7 Å². The van der Waals surface area contributed by atoms with Crippen molar-refractivity contribution < 1.29 is 4.79 Å². The van der Waals surface area contributed by atoms with Crippen molar-refractivity contribution in [3.05, 3.63) is 47.8 Å². The minimum absolute atomic E-state index is 0.0366. The fourth-order valence-electron chi connectivity index (χ4n) is 5.74. The van der Waals surface area contributed by atoms with Gasteiger partial charge < -0.3 is 10.6 Å². The lowest BCUT2D eigenvalue weighted by Gasteiger charge is -2.37. The Hall–Kier alpha value is -4.06. The summed E-state index contributed by atoms with van der Waals surface area (Å²) in [5, 5.41) is 18.7. The number of halogens is 1. The van der Waals surface area contributed by atoms with Crippen LogP contribution in [0, 0.1) is 11.3 Å². The van der Waals surface area contributed by atoms with Crippen LogP contribution in [0.5, 0.6) is 0 Å². The molecule has 0 atom stereocenters. The summed E-state index contributed by atoms with van der Waals surface area (Å²) in [6, 6.07) is -0.0528. The van der Waals surface area contributed by atoms with Crippen LogP contribution in [0.1, 0.15) is 86.6 Å². The smallest absolute Gasteiger partial charge is 0.323 e. The van der Waals surface area contributed by atoms with E-state index in [1.54, 1.807) is 29.7 Å². The minimum atomic E-state index is -0.186. The zero-order chi connectivity index (χ0) is 33.9. The molecule has 4 aromatic rings. The maximum atomic E-state index is 13.7. The maximum absolute atomic E-state index is 13.7. The highest BCUT2D eigenvalue weighted by atomic mass is 35.5. The van der Waals surface area contributed by atoms with E-state index in [4.69, 9.17) is 26.6 Å². The molecule has 0 aromatic carbocycles. The third kappa shape index (κ3) is 8.65. The standard InChI is InChI=1S/C34H48ClN11O/c1-21(2)18-45-19-22(13-41-45)27-16-37-28(17-36-27)46(32(47)39-20-33(3,4)5)24-11-9-23(10-12-24)42-31-38-14-25(34(6,7)8)29(43-31)30-26(35)15-40-44-30/h13-17,19,21,23-24H,9-12,18,20H2,1-8H3,(H,39,47)(H,40,44)(H,38,42,43). The summed E-state index contributed by atoms with van der Waals surface area (Å²) in [5.74, 6) is 1.56. The molecule has 1 saturated carbocycles. The molecule has 0 radical (unpaired) electrons. The summed E-state index contributed by atoms with van der Waals surface area (Å²) in [4.78, 5) is 34.5. The molecule has 4 aromatic heterocycles. The van der Waals surface area contributed by atoms with Crippen LogP contribution in [0.15, 0.2) is 37.2 Å². The van der Waals surface area contributed by atoms with Gasteiger partial charge in [-0.2, -0.15) is 10.2 Å². The SMILES string of the molecule is CC(C)Cn1cc(-c2cnc(N(C(=O)NCC(C)(C)C)C3CCC(Nc4ncc(C(C)(C)C)c(-c5[nH]ncc5Cl)n4)CC3)cn2)cn1. The van der Waals surface area contributed by atoms with Gasteiger partial charge in [0.1, 0.15) is 5.69 Å². The first-order valence-corrected chi connectivity index (χ1v) is 16.8. The average molecular weight is 662 g/mol. The van der Waals surface area contributed by atoms with E-state index in [9.17, 15) is 4.79 Å². The van der Waals surface area contributed by atoms with Gasteiger partial charge in [0, 0.05) is 48.7 Å². The molecule has 0 spiro atoms. The van der Waals surface area contributed by atoms with Gasteiger partial charge in [-0.3, -0.25) is 19.7 Å². The van der Waals surface area contributed by atoms with Crippen molar-refractivity contribution in [2.75, 3.05) is 16.8 Å². The fraction of sp³-hybridized carbons (Fsp3) is 0.559. The molecule has 0 bridgehead atoms. The normalized spacial score (nSPS) is 17.1. The second kappa shape index (κ2) is 14.0. The predicted octanol–water partition coefficient (Wildman–Crippen LogP) is 7.11. The minimum Gasteiger partial charge on any atom is -0.351 e. The quantitative estimate of drug-likeness (QED) is 0.172. The average Bonchev–Trinajstić information content (AvgIpc) is 3.65. The third-order valence-electron chi connectivity index (χ3n) is 8.18. The Kier molecular flexibility index (Phi) is 10.2.